The molecular formula is C11H16N2O2S. The Hall–Kier alpha value is -0.940. The maximum atomic E-state index is 11.9. The van der Waals surface area contributed by atoms with Gasteiger partial charge in [0, 0.05) is 18.5 Å². The molecule has 1 atom stereocenters. The fourth-order valence-corrected chi connectivity index (χ4v) is 2.53. The highest BCUT2D eigenvalue weighted by atomic mass is 32.1. The van der Waals surface area contributed by atoms with Crippen molar-refractivity contribution in [3.63, 3.8) is 0 Å². The Morgan fingerprint density at radius 2 is 2.50 bits per heavy atom. The molecule has 1 N–H and O–H groups in total. The minimum Gasteiger partial charge on any atom is -0.388 e. The van der Waals surface area contributed by atoms with Crippen LogP contribution in [0.25, 0.3) is 0 Å². The summed E-state index contributed by atoms with van der Waals surface area (Å²) in [6.45, 7) is 4.79. The van der Waals surface area contributed by atoms with Gasteiger partial charge in [-0.1, -0.05) is 0 Å². The molecule has 1 fully saturated rings. The number of carbonyl (C=O) groups is 1. The second-order valence-electron chi connectivity index (χ2n) is 4.60. The van der Waals surface area contributed by atoms with E-state index in [1.54, 1.807) is 23.2 Å². The van der Waals surface area contributed by atoms with E-state index < -0.39 is 5.60 Å². The predicted molar refractivity (Wildman–Crippen MR) is 62.4 cm³/mol. The Kier molecular flexibility index (Phi) is 2.99. The van der Waals surface area contributed by atoms with Crippen LogP contribution in [0.15, 0.2) is 5.38 Å². The van der Waals surface area contributed by atoms with E-state index in [1.165, 1.54) is 0 Å². The Morgan fingerprint density at radius 1 is 1.75 bits per heavy atom. The lowest BCUT2D eigenvalue weighted by Gasteiger charge is -2.18. The summed E-state index contributed by atoms with van der Waals surface area (Å²) in [5.74, 6) is 0.0584. The molecule has 88 valence electrons. The van der Waals surface area contributed by atoms with Gasteiger partial charge in [0.05, 0.1) is 22.7 Å². The number of thiazole rings is 1. The molecule has 1 unspecified atom stereocenters. The van der Waals surface area contributed by atoms with E-state index in [0.717, 1.165) is 10.7 Å². The lowest BCUT2D eigenvalue weighted by atomic mass is 10.1. The first-order chi connectivity index (χ1) is 7.46. The SMILES string of the molecule is Cc1nc(CC(=O)N2CCC(C)(O)C2)cs1. The third-order valence-corrected chi connectivity index (χ3v) is 3.63. The van der Waals surface area contributed by atoms with Gasteiger partial charge in [0.2, 0.25) is 5.91 Å². The van der Waals surface area contributed by atoms with Crippen LogP contribution in [0.5, 0.6) is 0 Å². The standard InChI is InChI=1S/C11H16N2O2S/c1-8-12-9(6-16-8)5-10(14)13-4-3-11(2,15)7-13/h6,15H,3-5,7H2,1-2H3. The predicted octanol–water partition coefficient (Wildman–Crippen LogP) is 0.977. The lowest BCUT2D eigenvalue weighted by molar-refractivity contribution is -0.130. The first kappa shape index (κ1) is 11.5. The molecule has 4 nitrogen and oxygen atoms in total. The zero-order chi connectivity index (χ0) is 11.8. The molecule has 0 bridgehead atoms. The van der Waals surface area contributed by atoms with Gasteiger partial charge in [-0.05, 0) is 20.3 Å². The van der Waals surface area contributed by atoms with Crippen LogP contribution < -0.4 is 0 Å². The molecule has 1 aliphatic heterocycles. The highest BCUT2D eigenvalue weighted by Crippen LogP contribution is 2.21. The maximum absolute atomic E-state index is 11.9. The van der Waals surface area contributed by atoms with E-state index in [2.05, 4.69) is 4.98 Å². The number of aliphatic hydroxyl groups is 1. The summed E-state index contributed by atoms with van der Waals surface area (Å²) in [5, 5.41) is 12.7. The summed E-state index contributed by atoms with van der Waals surface area (Å²) in [6.07, 6.45) is 1.01. The minimum atomic E-state index is -0.715. The van der Waals surface area contributed by atoms with Gasteiger partial charge in [-0.25, -0.2) is 4.98 Å². The average molecular weight is 240 g/mol. The van der Waals surface area contributed by atoms with Crippen molar-refractivity contribution in [1.82, 2.24) is 9.88 Å². The topological polar surface area (TPSA) is 53.4 Å². The Bertz CT molecular complexity index is 400. The number of carbonyl (C=O) groups excluding carboxylic acids is 1. The van der Waals surface area contributed by atoms with Crippen molar-refractivity contribution < 1.29 is 9.90 Å². The van der Waals surface area contributed by atoms with Gasteiger partial charge in [0.15, 0.2) is 0 Å². The molecule has 2 heterocycles. The van der Waals surface area contributed by atoms with Crippen molar-refractivity contribution in [2.24, 2.45) is 0 Å². The molecule has 1 aromatic rings. The van der Waals surface area contributed by atoms with Crippen molar-refractivity contribution in [1.29, 1.82) is 0 Å². The number of β-amino-alcohol motifs (C(OH)–C–C–N with tert-alkyl or cyclic N) is 1. The quantitative estimate of drug-likeness (QED) is 0.838. The van der Waals surface area contributed by atoms with Crippen LogP contribution in [0.2, 0.25) is 0 Å². The van der Waals surface area contributed by atoms with Gasteiger partial charge < -0.3 is 10.0 Å². The Balaban J connectivity index is 1.94. The smallest absolute Gasteiger partial charge is 0.228 e. The summed E-state index contributed by atoms with van der Waals surface area (Å²) in [5.41, 5.74) is 0.118. The number of amides is 1. The summed E-state index contributed by atoms with van der Waals surface area (Å²) in [7, 11) is 0. The molecule has 0 radical (unpaired) electrons. The summed E-state index contributed by atoms with van der Waals surface area (Å²) in [6, 6.07) is 0. The highest BCUT2D eigenvalue weighted by molar-refractivity contribution is 7.09. The van der Waals surface area contributed by atoms with E-state index in [4.69, 9.17) is 0 Å². The van der Waals surface area contributed by atoms with E-state index in [-0.39, 0.29) is 5.91 Å². The van der Waals surface area contributed by atoms with Crippen LogP contribution in [0.1, 0.15) is 24.0 Å². The average Bonchev–Trinajstić information content (AvgIpc) is 2.72. The molecule has 0 saturated carbocycles. The number of aromatic nitrogens is 1. The Morgan fingerprint density at radius 3 is 3.00 bits per heavy atom. The second-order valence-corrected chi connectivity index (χ2v) is 5.66. The molecule has 0 spiro atoms. The zero-order valence-electron chi connectivity index (χ0n) is 9.56. The van der Waals surface area contributed by atoms with E-state index in [9.17, 15) is 9.90 Å². The maximum Gasteiger partial charge on any atom is 0.228 e. The first-order valence-corrected chi connectivity index (χ1v) is 6.25. The number of hydrogen-bond acceptors (Lipinski definition) is 4. The largest absolute Gasteiger partial charge is 0.388 e. The number of hydrogen-bond donors (Lipinski definition) is 1. The summed E-state index contributed by atoms with van der Waals surface area (Å²) < 4.78 is 0. The number of nitrogens with zero attached hydrogens (tertiary/aromatic N) is 2. The third-order valence-electron chi connectivity index (χ3n) is 2.80. The fourth-order valence-electron chi connectivity index (χ4n) is 1.91. The fraction of sp³-hybridized carbons (Fsp3) is 0.636. The van der Waals surface area contributed by atoms with Crippen molar-refractivity contribution in [3.8, 4) is 0 Å². The highest BCUT2D eigenvalue weighted by Gasteiger charge is 2.33. The van der Waals surface area contributed by atoms with Gasteiger partial charge in [0.25, 0.3) is 0 Å². The second kappa shape index (κ2) is 4.14. The van der Waals surface area contributed by atoms with E-state index in [1.807, 2.05) is 12.3 Å². The van der Waals surface area contributed by atoms with Crippen LogP contribution in [-0.2, 0) is 11.2 Å². The molecule has 0 aliphatic carbocycles. The van der Waals surface area contributed by atoms with Gasteiger partial charge in [-0.3, -0.25) is 4.79 Å². The van der Waals surface area contributed by atoms with Crippen molar-refractivity contribution in [2.45, 2.75) is 32.3 Å². The summed E-state index contributed by atoms with van der Waals surface area (Å²) >= 11 is 1.56. The molecular weight excluding hydrogens is 224 g/mol. The van der Waals surface area contributed by atoms with Gasteiger partial charge in [0.1, 0.15) is 0 Å². The van der Waals surface area contributed by atoms with Crippen molar-refractivity contribution in [2.75, 3.05) is 13.1 Å². The molecule has 1 aliphatic rings. The molecule has 16 heavy (non-hydrogen) atoms. The first-order valence-electron chi connectivity index (χ1n) is 5.37. The van der Waals surface area contributed by atoms with E-state index in [0.29, 0.717) is 25.9 Å². The number of rotatable bonds is 2. The van der Waals surface area contributed by atoms with Gasteiger partial charge in [-0.15, -0.1) is 11.3 Å². The normalized spacial score (nSPS) is 25.1. The summed E-state index contributed by atoms with van der Waals surface area (Å²) in [4.78, 5) is 17.9. The molecule has 5 heteroatoms. The third kappa shape index (κ3) is 2.59. The number of aryl methyl sites for hydroxylation is 1. The molecule has 0 aromatic carbocycles. The molecule has 1 amide bonds. The van der Waals surface area contributed by atoms with Crippen LogP contribution in [-0.4, -0.2) is 39.6 Å². The Labute approximate surface area is 98.9 Å². The van der Waals surface area contributed by atoms with Gasteiger partial charge >= 0.3 is 0 Å². The van der Waals surface area contributed by atoms with Crippen LogP contribution in [0, 0.1) is 6.92 Å². The lowest BCUT2D eigenvalue weighted by Crippen LogP contribution is -2.34. The minimum absolute atomic E-state index is 0.0584. The zero-order valence-corrected chi connectivity index (χ0v) is 10.4. The van der Waals surface area contributed by atoms with Crippen LogP contribution >= 0.6 is 11.3 Å². The van der Waals surface area contributed by atoms with Crippen LogP contribution in [0.4, 0.5) is 0 Å². The molecule has 1 aromatic heterocycles. The monoisotopic (exact) mass is 240 g/mol. The molecule has 2 rings (SSSR count). The van der Waals surface area contributed by atoms with Gasteiger partial charge in [-0.2, -0.15) is 0 Å². The number of likely N-dealkylation sites (tertiary alicyclic amines) is 1. The molecule has 1 saturated heterocycles. The van der Waals surface area contributed by atoms with Crippen molar-refractivity contribution >= 4 is 17.2 Å². The van der Waals surface area contributed by atoms with Crippen LogP contribution in [0.3, 0.4) is 0 Å². The van der Waals surface area contributed by atoms with E-state index >= 15 is 0 Å². The van der Waals surface area contributed by atoms with Crippen molar-refractivity contribution in [3.05, 3.63) is 16.1 Å².